The van der Waals surface area contributed by atoms with E-state index in [0.717, 1.165) is 5.56 Å². The minimum absolute atomic E-state index is 0.0150. The summed E-state index contributed by atoms with van der Waals surface area (Å²) in [5.74, 6) is -0.0578. The summed E-state index contributed by atoms with van der Waals surface area (Å²) in [7, 11) is 0. The van der Waals surface area contributed by atoms with Crippen molar-refractivity contribution in [3.8, 4) is 0 Å². The number of hydrogen-bond acceptors (Lipinski definition) is 1. The van der Waals surface area contributed by atoms with Crippen molar-refractivity contribution in [3.05, 3.63) is 34.3 Å². The molecule has 1 aromatic carbocycles. The number of carbonyl (C=O) groups excluding carboxylic acids is 1. The van der Waals surface area contributed by atoms with Crippen molar-refractivity contribution >= 4 is 29.0 Å². The van der Waals surface area contributed by atoms with Crippen molar-refractivity contribution in [3.63, 3.8) is 0 Å². The SMILES string of the molecule is Cc1cc(C(=O)CCl)ccc1Cl. The molecule has 0 unspecified atom stereocenters. The van der Waals surface area contributed by atoms with Gasteiger partial charge in [0.25, 0.3) is 0 Å². The van der Waals surface area contributed by atoms with Gasteiger partial charge in [0, 0.05) is 10.6 Å². The molecule has 0 saturated carbocycles. The van der Waals surface area contributed by atoms with E-state index in [0.29, 0.717) is 10.6 Å². The van der Waals surface area contributed by atoms with E-state index in [1.54, 1.807) is 18.2 Å². The average molecular weight is 203 g/mol. The van der Waals surface area contributed by atoms with Crippen molar-refractivity contribution in [1.82, 2.24) is 0 Å². The standard InChI is InChI=1S/C9H8Cl2O/c1-6-4-7(9(12)5-10)2-3-8(6)11/h2-4H,5H2,1H3. The number of aryl methyl sites for hydroxylation is 1. The Kier molecular flexibility index (Phi) is 3.12. The molecule has 0 aliphatic heterocycles. The number of benzene rings is 1. The number of hydrogen-bond donors (Lipinski definition) is 0. The largest absolute Gasteiger partial charge is 0.293 e. The first kappa shape index (κ1) is 9.56. The van der Waals surface area contributed by atoms with Crippen molar-refractivity contribution < 1.29 is 4.79 Å². The van der Waals surface area contributed by atoms with Crippen LogP contribution in [0.1, 0.15) is 15.9 Å². The number of carbonyl (C=O) groups is 1. The normalized spacial score (nSPS) is 9.92. The fourth-order valence-corrected chi connectivity index (χ4v) is 1.17. The third kappa shape index (κ3) is 1.99. The minimum Gasteiger partial charge on any atom is -0.293 e. The number of Topliss-reactive ketones (excluding diaryl/α,β-unsaturated/α-hetero) is 1. The van der Waals surface area contributed by atoms with Gasteiger partial charge in [0.15, 0.2) is 5.78 Å². The molecule has 64 valence electrons. The average Bonchev–Trinajstić information content (AvgIpc) is 2.08. The summed E-state index contributed by atoms with van der Waals surface area (Å²) < 4.78 is 0. The molecule has 0 aliphatic rings. The summed E-state index contributed by atoms with van der Waals surface area (Å²) in [4.78, 5) is 11.1. The Bertz CT molecular complexity index is 307. The minimum atomic E-state index is -0.0727. The van der Waals surface area contributed by atoms with Crippen LogP contribution in [0.2, 0.25) is 5.02 Å². The van der Waals surface area contributed by atoms with E-state index in [4.69, 9.17) is 23.2 Å². The molecule has 0 aromatic heterocycles. The lowest BCUT2D eigenvalue weighted by molar-refractivity contribution is 0.102. The monoisotopic (exact) mass is 202 g/mol. The lowest BCUT2D eigenvalue weighted by Crippen LogP contribution is -2.00. The highest BCUT2D eigenvalue weighted by Crippen LogP contribution is 2.16. The summed E-state index contributed by atoms with van der Waals surface area (Å²) in [5.41, 5.74) is 1.51. The van der Waals surface area contributed by atoms with Crippen LogP contribution in [0.4, 0.5) is 0 Å². The Morgan fingerprint density at radius 1 is 1.50 bits per heavy atom. The molecule has 0 N–H and O–H groups in total. The van der Waals surface area contributed by atoms with Gasteiger partial charge in [-0.2, -0.15) is 0 Å². The predicted octanol–water partition coefficient (Wildman–Crippen LogP) is 3.07. The zero-order valence-electron chi connectivity index (χ0n) is 6.60. The van der Waals surface area contributed by atoms with Crippen LogP contribution < -0.4 is 0 Å². The molecule has 3 heteroatoms. The highest BCUT2D eigenvalue weighted by atomic mass is 35.5. The lowest BCUT2D eigenvalue weighted by Gasteiger charge is -2.00. The molecule has 0 atom stereocenters. The molecule has 0 saturated heterocycles. The van der Waals surface area contributed by atoms with Crippen LogP contribution >= 0.6 is 23.2 Å². The number of halogens is 2. The van der Waals surface area contributed by atoms with Crippen LogP contribution in [0.25, 0.3) is 0 Å². The number of rotatable bonds is 2. The van der Waals surface area contributed by atoms with E-state index in [-0.39, 0.29) is 11.7 Å². The maximum Gasteiger partial charge on any atom is 0.177 e. The zero-order chi connectivity index (χ0) is 9.14. The summed E-state index contributed by atoms with van der Waals surface area (Å²) in [6.45, 7) is 1.85. The highest BCUT2D eigenvalue weighted by molar-refractivity contribution is 6.32. The number of alkyl halides is 1. The third-order valence-electron chi connectivity index (χ3n) is 1.60. The van der Waals surface area contributed by atoms with E-state index in [1.165, 1.54) is 0 Å². The Morgan fingerprint density at radius 3 is 2.67 bits per heavy atom. The van der Waals surface area contributed by atoms with Gasteiger partial charge in [0.05, 0.1) is 5.88 Å². The summed E-state index contributed by atoms with van der Waals surface area (Å²) in [5, 5.41) is 0.668. The molecular weight excluding hydrogens is 195 g/mol. The van der Waals surface area contributed by atoms with Gasteiger partial charge in [-0.1, -0.05) is 11.6 Å². The molecule has 1 nitrogen and oxygen atoms in total. The molecular formula is C9H8Cl2O. The summed E-state index contributed by atoms with van der Waals surface area (Å²) in [6, 6.07) is 5.13. The highest BCUT2D eigenvalue weighted by Gasteiger charge is 2.04. The Balaban J connectivity index is 3.05. The first-order chi connectivity index (χ1) is 5.65. The first-order valence-electron chi connectivity index (χ1n) is 3.50. The van der Waals surface area contributed by atoms with E-state index in [9.17, 15) is 4.79 Å². The van der Waals surface area contributed by atoms with Gasteiger partial charge in [-0.05, 0) is 30.7 Å². The summed E-state index contributed by atoms with van der Waals surface area (Å²) in [6.07, 6.45) is 0. The molecule has 0 radical (unpaired) electrons. The topological polar surface area (TPSA) is 17.1 Å². The molecule has 0 spiro atoms. The van der Waals surface area contributed by atoms with E-state index in [2.05, 4.69) is 0 Å². The molecule has 0 heterocycles. The van der Waals surface area contributed by atoms with Gasteiger partial charge in [-0.15, -0.1) is 11.6 Å². The quantitative estimate of drug-likeness (QED) is 0.533. The van der Waals surface area contributed by atoms with E-state index in [1.807, 2.05) is 6.92 Å². The van der Waals surface area contributed by atoms with Crippen LogP contribution in [-0.4, -0.2) is 11.7 Å². The fourth-order valence-electron chi connectivity index (χ4n) is 0.895. The molecule has 1 aromatic rings. The molecule has 0 amide bonds. The van der Waals surface area contributed by atoms with Crippen molar-refractivity contribution in [1.29, 1.82) is 0 Å². The second-order valence-corrected chi connectivity index (χ2v) is 3.20. The van der Waals surface area contributed by atoms with Crippen molar-refractivity contribution in [2.45, 2.75) is 6.92 Å². The van der Waals surface area contributed by atoms with E-state index < -0.39 is 0 Å². The molecule has 0 fully saturated rings. The second kappa shape index (κ2) is 3.92. The van der Waals surface area contributed by atoms with Gasteiger partial charge in [-0.25, -0.2) is 0 Å². The molecule has 1 rings (SSSR count). The van der Waals surface area contributed by atoms with Crippen LogP contribution in [0.3, 0.4) is 0 Å². The predicted molar refractivity (Wildman–Crippen MR) is 51.2 cm³/mol. The lowest BCUT2D eigenvalue weighted by atomic mass is 10.1. The molecule has 12 heavy (non-hydrogen) atoms. The third-order valence-corrected chi connectivity index (χ3v) is 2.27. The Hall–Kier alpha value is -0.530. The van der Waals surface area contributed by atoms with E-state index >= 15 is 0 Å². The Labute approximate surface area is 81.3 Å². The number of ketones is 1. The van der Waals surface area contributed by atoms with Crippen LogP contribution in [0.15, 0.2) is 18.2 Å². The van der Waals surface area contributed by atoms with Crippen molar-refractivity contribution in [2.24, 2.45) is 0 Å². The van der Waals surface area contributed by atoms with Crippen LogP contribution in [0.5, 0.6) is 0 Å². The molecule has 0 bridgehead atoms. The smallest absolute Gasteiger partial charge is 0.177 e. The molecule has 0 aliphatic carbocycles. The van der Waals surface area contributed by atoms with Gasteiger partial charge >= 0.3 is 0 Å². The van der Waals surface area contributed by atoms with Gasteiger partial charge < -0.3 is 0 Å². The fraction of sp³-hybridized carbons (Fsp3) is 0.222. The Morgan fingerprint density at radius 2 is 2.17 bits per heavy atom. The summed E-state index contributed by atoms with van der Waals surface area (Å²) >= 11 is 11.2. The van der Waals surface area contributed by atoms with Crippen LogP contribution in [0, 0.1) is 6.92 Å². The first-order valence-corrected chi connectivity index (χ1v) is 4.41. The van der Waals surface area contributed by atoms with Crippen molar-refractivity contribution in [2.75, 3.05) is 5.88 Å². The van der Waals surface area contributed by atoms with Gasteiger partial charge in [0.2, 0.25) is 0 Å². The van der Waals surface area contributed by atoms with Gasteiger partial charge in [0.1, 0.15) is 0 Å². The maximum absolute atomic E-state index is 11.1. The van der Waals surface area contributed by atoms with Gasteiger partial charge in [-0.3, -0.25) is 4.79 Å². The second-order valence-electron chi connectivity index (χ2n) is 2.52. The zero-order valence-corrected chi connectivity index (χ0v) is 8.12. The maximum atomic E-state index is 11.1. The van der Waals surface area contributed by atoms with Crippen LogP contribution in [-0.2, 0) is 0 Å².